The van der Waals surface area contributed by atoms with Crippen molar-refractivity contribution in [2.75, 3.05) is 11.9 Å². The van der Waals surface area contributed by atoms with Crippen LogP contribution >= 0.6 is 15.9 Å². The van der Waals surface area contributed by atoms with Gasteiger partial charge in [-0.15, -0.1) is 0 Å². The monoisotopic (exact) mass is 330 g/mol. The Labute approximate surface area is 118 Å². The Morgan fingerprint density at radius 3 is 2.26 bits per heavy atom. The van der Waals surface area contributed by atoms with Crippen LogP contribution in [0.4, 0.5) is 10.5 Å². The Kier molecular flexibility index (Phi) is 5.31. The van der Waals surface area contributed by atoms with Crippen molar-refractivity contribution in [2.24, 2.45) is 0 Å². The fourth-order valence-corrected chi connectivity index (χ4v) is 2.29. The van der Waals surface area contributed by atoms with Gasteiger partial charge < -0.3 is 20.8 Å². The molecule has 7 heteroatoms. The third-order valence-corrected chi connectivity index (χ3v) is 2.98. The van der Waals surface area contributed by atoms with Gasteiger partial charge in [0.1, 0.15) is 0 Å². The molecule has 104 valence electrons. The van der Waals surface area contributed by atoms with Gasteiger partial charge in [0.25, 0.3) is 0 Å². The first-order valence-electron chi connectivity index (χ1n) is 5.53. The molecule has 19 heavy (non-hydrogen) atoms. The van der Waals surface area contributed by atoms with E-state index < -0.39 is 24.6 Å². The number of carboxylic acid groups (broad SMARTS) is 1. The molecule has 1 atom stereocenters. The minimum Gasteiger partial charge on any atom is -0.480 e. The number of hydrogen-bond donors (Lipinski definition) is 4. The summed E-state index contributed by atoms with van der Waals surface area (Å²) < 4.78 is 0.896. The van der Waals surface area contributed by atoms with Crippen molar-refractivity contribution in [3.8, 4) is 0 Å². The molecule has 1 aromatic rings. The predicted molar refractivity (Wildman–Crippen MR) is 74.3 cm³/mol. The van der Waals surface area contributed by atoms with Gasteiger partial charge in [-0.2, -0.15) is 0 Å². The lowest BCUT2D eigenvalue weighted by Gasteiger charge is -2.15. The van der Waals surface area contributed by atoms with E-state index in [2.05, 4.69) is 26.6 Å². The number of rotatable bonds is 4. The van der Waals surface area contributed by atoms with E-state index in [0.717, 1.165) is 15.6 Å². The number of aliphatic hydroxyl groups is 1. The van der Waals surface area contributed by atoms with Crippen molar-refractivity contribution in [3.05, 3.63) is 27.7 Å². The average Bonchev–Trinajstić information content (AvgIpc) is 2.30. The molecule has 0 spiro atoms. The number of hydrogen-bond acceptors (Lipinski definition) is 3. The maximum Gasteiger partial charge on any atom is 0.328 e. The third kappa shape index (κ3) is 4.22. The molecular weight excluding hydrogens is 316 g/mol. The van der Waals surface area contributed by atoms with E-state index in [1.54, 1.807) is 0 Å². The SMILES string of the molecule is Cc1cc(Br)cc(C)c1NC(=O)N[C@@H](CO)C(=O)O. The summed E-state index contributed by atoms with van der Waals surface area (Å²) in [5.41, 5.74) is 2.30. The van der Waals surface area contributed by atoms with Crippen LogP contribution in [0, 0.1) is 13.8 Å². The van der Waals surface area contributed by atoms with Crippen molar-refractivity contribution < 1.29 is 19.8 Å². The maximum atomic E-state index is 11.7. The zero-order valence-corrected chi connectivity index (χ0v) is 12.1. The predicted octanol–water partition coefficient (Wildman–Crippen LogP) is 1.63. The molecule has 0 radical (unpaired) electrons. The summed E-state index contributed by atoms with van der Waals surface area (Å²) >= 11 is 3.34. The quantitative estimate of drug-likeness (QED) is 0.674. The van der Waals surface area contributed by atoms with Gasteiger partial charge in [0, 0.05) is 10.2 Å². The summed E-state index contributed by atoms with van der Waals surface area (Å²) in [5.74, 6) is -1.29. The van der Waals surface area contributed by atoms with Crippen LogP contribution in [0.1, 0.15) is 11.1 Å². The fourth-order valence-electron chi connectivity index (χ4n) is 1.60. The number of anilines is 1. The largest absolute Gasteiger partial charge is 0.480 e. The molecule has 4 N–H and O–H groups in total. The molecule has 0 saturated heterocycles. The molecule has 0 aliphatic carbocycles. The van der Waals surface area contributed by atoms with Crippen LogP contribution in [0.2, 0.25) is 0 Å². The van der Waals surface area contributed by atoms with Crippen molar-refractivity contribution in [1.82, 2.24) is 5.32 Å². The van der Waals surface area contributed by atoms with Crippen molar-refractivity contribution in [1.29, 1.82) is 0 Å². The summed E-state index contributed by atoms with van der Waals surface area (Å²) in [6, 6.07) is 1.68. The van der Waals surface area contributed by atoms with Crippen LogP contribution < -0.4 is 10.6 Å². The van der Waals surface area contributed by atoms with E-state index >= 15 is 0 Å². The van der Waals surface area contributed by atoms with Gasteiger partial charge in [0.15, 0.2) is 6.04 Å². The van der Waals surface area contributed by atoms with E-state index in [1.807, 2.05) is 26.0 Å². The number of urea groups is 1. The summed E-state index contributed by atoms with van der Waals surface area (Å²) in [5, 5.41) is 22.3. The highest BCUT2D eigenvalue weighted by atomic mass is 79.9. The molecule has 0 heterocycles. The van der Waals surface area contributed by atoms with Gasteiger partial charge in [0.05, 0.1) is 6.61 Å². The summed E-state index contributed by atoms with van der Waals surface area (Å²) in [7, 11) is 0. The van der Waals surface area contributed by atoms with Crippen molar-refractivity contribution >= 4 is 33.6 Å². The van der Waals surface area contributed by atoms with Gasteiger partial charge in [-0.25, -0.2) is 9.59 Å². The van der Waals surface area contributed by atoms with Crippen LogP contribution in [0.5, 0.6) is 0 Å². The van der Waals surface area contributed by atoms with Gasteiger partial charge in [-0.3, -0.25) is 0 Å². The van der Waals surface area contributed by atoms with E-state index in [1.165, 1.54) is 0 Å². The van der Waals surface area contributed by atoms with Gasteiger partial charge in [-0.05, 0) is 37.1 Å². The number of carbonyl (C=O) groups excluding carboxylic acids is 1. The number of carboxylic acids is 1. The third-order valence-electron chi connectivity index (χ3n) is 2.52. The molecule has 0 fully saturated rings. The van der Waals surface area contributed by atoms with Crippen LogP contribution in [0.3, 0.4) is 0 Å². The van der Waals surface area contributed by atoms with Crippen molar-refractivity contribution in [2.45, 2.75) is 19.9 Å². The lowest BCUT2D eigenvalue weighted by Crippen LogP contribution is -2.45. The smallest absolute Gasteiger partial charge is 0.328 e. The fraction of sp³-hybridized carbons (Fsp3) is 0.333. The number of amides is 2. The maximum absolute atomic E-state index is 11.7. The Morgan fingerprint density at radius 2 is 1.84 bits per heavy atom. The van der Waals surface area contributed by atoms with Gasteiger partial charge in [-0.1, -0.05) is 15.9 Å². The number of carbonyl (C=O) groups is 2. The second-order valence-corrected chi connectivity index (χ2v) is 5.00. The highest BCUT2D eigenvalue weighted by molar-refractivity contribution is 9.10. The summed E-state index contributed by atoms with van der Waals surface area (Å²) in [4.78, 5) is 22.4. The number of aliphatic hydroxyl groups excluding tert-OH is 1. The highest BCUT2D eigenvalue weighted by Gasteiger charge is 2.19. The number of aliphatic carboxylic acids is 1. The minimum absolute atomic E-state index is 0.614. The summed E-state index contributed by atoms with van der Waals surface area (Å²) in [6.07, 6.45) is 0. The molecule has 0 bridgehead atoms. The van der Waals surface area contributed by atoms with Crippen molar-refractivity contribution in [3.63, 3.8) is 0 Å². The molecule has 6 nitrogen and oxygen atoms in total. The molecule has 2 amide bonds. The van der Waals surface area contributed by atoms with E-state index in [0.29, 0.717) is 5.69 Å². The first-order chi connectivity index (χ1) is 8.85. The van der Waals surface area contributed by atoms with E-state index in [4.69, 9.17) is 10.2 Å². The Morgan fingerprint density at radius 1 is 1.32 bits per heavy atom. The molecule has 1 aromatic carbocycles. The molecular formula is C12H15BrN2O4. The molecule has 0 aliphatic heterocycles. The zero-order chi connectivity index (χ0) is 14.6. The lowest BCUT2D eigenvalue weighted by atomic mass is 10.1. The second kappa shape index (κ2) is 6.53. The van der Waals surface area contributed by atoms with Crippen LogP contribution in [0.25, 0.3) is 0 Å². The van der Waals surface area contributed by atoms with E-state index in [9.17, 15) is 9.59 Å². The number of benzene rings is 1. The minimum atomic E-state index is -1.32. The second-order valence-electron chi connectivity index (χ2n) is 4.09. The number of aryl methyl sites for hydroxylation is 2. The highest BCUT2D eigenvalue weighted by Crippen LogP contribution is 2.24. The number of nitrogens with one attached hydrogen (secondary N) is 2. The molecule has 0 unspecified atom stereocenters. The first kappa shape index (κ1) is 15.5. The zero-order valence-electron chi connectivity index (χ0n) is 10.5. The molecule has 0 saturated carbocycles. The Balaban J connectivity index is 2.80. The summed E-state index contributed by atoms with van der Waals surface area (Å²) in [6.45, 7) is 2.99. The van der Waals surface area contributed by atoms with Gasteiger partial charge in [0.2, 0.25) is 0 Å². The average molecular weight is 331 g/mol. The Hall–Kier alpha value is -1.60. The molecule has 1 rings (SSSR count). The van der Waals surface area contributed by atoms with Gasteiger partial charge >= 0.3 is 12.0 Å². The standard InChI is InChI=1S/C12H15BrN2O4/c1-6-3-8(13)4-7(2)10(6)15-12(19)14-9(5-16)11(17)18/h3-4,9,16H,5H2,1-2H3,(H,17,18)(H2,14,15,19)/t9-/m0/s1. The first-order valence-corrected chi connectivity index (χ1v) is 6.32. The van der Waals surface area contributed by atoms with E-state index in [-0.39, 0.29) is 0 Å². The van der Waals surface area contributed by atoms with Crippen LogP contribution in [0.15, 0.2) is 16.6 Å². The Bertz CT molecular complexity index is 481. The molecule has 0 aromatic heterocycles. The van der Waals surface area contributed by atoms with Crippen LogP contribution in [-0.4, -0.2) is 34.9 Å². The van der Waals surface area contributed by atoms with Crippen LogP contribution in [-0.2, 0) is 4.79 Å². The normalized spacial score (nSPS) is 11.8. The topological polar surface area (TPSA) is 98.7 Å². The lowest BCUT2D eigenvalue weighted by molar-refractivity contribution is -0.140. The number of halogens is 1. The molecule has 0 aliphatic rings.